The fourth-order valence-corrected chi connectivity index (χ4v) is 4.75. The van der Waals surface area contributed by atoms with Crippen molar-refractivity contribution in [3.63, 3.8) is 0 Å². The third kappa shape index (κ3) is 4.66. The minimum Gasteiger partial charge on any atom is -0.307 e. The number of halogens is 1. The molecule has 1 N–H and O–H groups in total. The summed E-state index contributed by atoms with van der Waals surface area (Å²) in [5, 5.41) is 3.13. The molecule has 0 spiro atoms. The molecule has 1 aliphatic rings. The van der Waals surface area contributed by atoms with Crippen molar-refractivity contribution < 1.29 is 13.2 Å². The molecule has 27 heavy (non-hydrogen) atoms. The second kappa shape index (κ2) is 8.37. The minimum atomic E-state index is -3.57. The zero-order chi connectivity index (χ0) is 19.4. The first-order valence-corrected chi connectivity index (χ1v) is 10.7. The molecule has 6 nitrogen and oxygen atoms in total. The first-order valence-electron chi connectivity index (χ1n) is 8.89. The smallest absolute Gasteiger partial charge is 0.256 e. The van der Waals surface area contributed by atoms with Crippen LogP contribution >= 0.6 is 11.6 Å². The van der Waals surface area contributed by atoms with Crippen LogP contribution in [-0.4, -0.2) is 36.7 Å². The Morgan fingerprint density at radius 3 is 2.37 bits per heavy atom. The van der Waals surface area contributed by atoms with Gasteiger partial charge in [0.15, 0.2) is 0 Å². The third-order valence-electron chi connectivity index (χ3n) is 4.85. The van der Waals surface area contributed by atoms with Gasteiger partial charge in [0.2, 0.25) is 10.0 Å². The first-order chi connectivity index (χ1) is 12.9. The number of aromatic nitrogens is 1. The number of carbonyl (C=O) groups excluding carboxylic acids is 1. The fraction of sp³-hybridized carbons (Fsp3) is 0.368. The Bertz CT molecular complexity index is 893. The maximum Gasteiger partial charge on any atom is 0.256 e. The number of nitrogens with zero attached hydrogens (tertiary/aromatic N) is 2. The van der Waals surface area contributed by atoms with E-state index >= 15 is 0 Å². The molecule has 1 heterocycles. The first kappa shape index (κ1) is 19.8. The van der Waals surface area contributed by atoms with E-state index < -0.39 is 10.0 Å². The summed E-state index contributed by atoms with van der Waals surface area (Å²) in [5.74, 6) is 0.00698. The van der Waals surface area contributed by atoms with Gasteiger partial charge < -0.3 is 5.32 Å². The van der Waals surface area contributed by atoms with Crippen molar-refractivity contribution >= 4 is 33.3 Å². The number of benzene rings is 1. The molecule has 0 unspecified atom stereocenters. The quantitative estimate of drug-likeness (QED) is 0.814. The number of amides is 1. The van der Waals surface area contributed by atoms with Crippen molar-refractivity contribution in [1.29, 1.82) is 0 Å². The van der Waals surface area contributed by atoms with Crippen molar-refractivity contribution in [3.05, 3.63) is 53.2 Å². The molecule has 1 aromatic carbocycles. The molecular weight excluding hydrogens is 386 g/mol. The van der Waals surface area contributed by atoms with Gasteiger partial charge in [-0.1, -0.05) is 30.9 Å². The zero-order valence-electron chi connectivity index (χ0n) is 15.1. The van der Waals surface area contributed by atoms with Gasteiger partial charge in [0.1, 0.15) is 5.82 Å². The van der Waals surface area contributed by atoms with Crippen LogP contribution in [0.5, 0.6) is 0 Å². The van der Waals surface area contributed by atoms with E-state index in [1.165, 1.54) is 34.8 Å². The number of rotatable bonds is 5. The van der Waals surface area contributed by atoms with Crippen molar-refractivity contribution in [3.8, 4) is 0 Å². The SMILES string of the molecule is CN(C1CCCCC1)S(=O)(=O)c1ccc(C(=O)Nc2ccc(Cl)cn2)cc1. The molecule has 0 saturated heterocycles. The van der Waals surface area contributed by atoms with Gasteiger partial charge >= 0.3 is 0 Å². The van der Waals surface area contributed by atoms with Gasteiger partial charge in [0, 0.05) is 24.8 Å². The second-order valence-electron chi connectivity index (χ2n) is 6.65. The fourth-order valence-electron chi connectivity index (χ4n) is 3.22. The lowest BCUT2D eigenvalue weighted by Gasteiger charge is -2.30. The lowest BCUT2D eigenvalue weighted by molar-refractivity contribution is 0.102. The highest BCUT2D eigenvalue weighted by molar-refractivity contribution is 7.89. The van der Waals surface area contributed by atoms with Crippen LogP contribution in [0.15, 0.2) is 47.5 Å². The Morgan fingerprint density at radius 2 is 1.78 bits per heavy atom. The highest BCUT2D eigenvalue weighted by atomic mass is 35.5. The van der Waals surface area contributed by atoms with Crippen LogP contribution in [0.2, 0.25) is 5.02 Å². The standard InChI is InChI=1S/C19H22ClN3O3S/c1-23(16-5-3-2-4-6-16)27(25,26)17-10-7-14(8-11-17)19(24)22-18-12-9-15(20)13-21-18/h7-13,16H,2-6H2,1H3,(H,21,22,24). The number of pyridine rings is 1. The largest absolute Gasteiger partial charge is 0.307 e. The molecule has 1 aliphatic carbocycles. The van der Waals surface area contributed by atoms with Gasteiger partial charge in [-0.3, -0.25) is 4.79 Å². The summed E-state index contributed by atoms with van der Waals surface area (Å²) in [7, 11) is -1.93. The van der Waals surface area contributed by atoms with Gasteiger partial charge in [0.25, 0.3) is 5.91 Å². The number of nitrogens with one attached hydrogen (secondary N) is 1. The van der Waals surface area contributed by atoms with E-state index in [2.05, 4.69) is 10.3 Å². The number of hydrogen-bond donors (Lipinski definition) is 1. The normalized spacial score (nSPS) is 15.7. The van der Waals surface area contributed by atoms with E-state index in [0.29, 0.717) is 16.4 Å². The molecule has 0 bridgehead atoms. The van der Waals surface area contributed by atoms with Crippen LogP contribution < -0.4 is 5.32 Å². The lowest BCUT2D eigenvalue weighted by Crippen LogP contribution is -2.38. The Morgan fingerprint density at radius 1 is 1.11 bits per heavy atom. The van der Waals surface area contributed by atoms with Gasteiger partial charge in [-0.25, -0.2) is 13.4 Å². The summed E-state index contributed by atoms with van der Waals surface area (Å²) in [6.07, 6.45) is 6.50. The molecule has 0 atom stereocenters. The highest BCUT2D eigenvalue weighted by Crippen LogP contribution is 2.26. The van der Waals surface area contributed by atoms with Crippen LogP contribution in [0.3, 0.4) is 0 Å². The summed E-state index contributed by atoms with van der Waals surface area (Å²) < 4.78 is 27.1. The van der Waals surface area contributed by atoms with E-state index in [1.54, 1.807) is 19.2 Å². The predicted molar refractivity (Wildman–Crippen MR) is 105 cm³/mol. The van der Waals surface area contributed by atoms with Crippen molar-refractivity contribution in [1.82, 2.24) is 9.29 Å². The van der Waals surface area contributed by atoms with Crippen molar-refractivity contribution in [2.75, 3.05) is 12.4 Å². The molecule has 0 radical (unpaired) electrons. The van der Waals surface area contributed by atoms with Gasteiger partial charge in [-0.05, 0) is 49.2 Å². The van der Waals surface area contributed by atoms with Gasteiger partial charge in [-0.2, -0.15) is 4.31 Å². The van der Waals surface area contributed by atoms with Crippen LogP contribution in [0, 0.1) is 0 Å². The predicted octanol–water partition coefficient (Wildman–Crippen LogP) is 3.94. The van der Waals surface area contributed by atoms with Crippen LogP contribution in [0.1, 0.15) is 42.5 Å². The third-order valence-corrected chi connectivity index (χ3v) is 7.00. The summed E-state index contributed by atoms with van der Waals surface area (Å²) in [6.45, 7) is 0. The molecular formula is C19H22ClN3O3S. The molecule has 8 heteroatoms. The van der Waals surface area contributed by atoms with Crippen molar-refractivity contribution in [2.24, 2.45) is 0 Å². The van der Waals surface area contributed by atoms with E-state index in [9.17, 15) is 13.2 Å². The summed E-state index contributed by atoms with van der Waals surface area (Å²) in [4.78, 5) is 16.5. The summed E-state index contributed by atoms with van der Waals surface area (Å²) >= 11 is 5.77. The molecule has 1 amide bonds. The molecule has 1 saturated carbocycles. The van der Waals surface area contributed by atoms with E-state index in [1.807, 2.05) is 0 Å². The van der Waals surface area contributed by atoms with Gasteiger partial charge in [0.05, 0.1) is 9.92 Å². The average Bonchev–Trinajstić information content (AvgIpc) is 2.70. The van der Waals surface area contributed by atoms with Crippen LogP contribution in [0.25, 0.3) is 0 Å². The van der Waals surface area contributed by atoms with Crippen molar-refractivity contribution in [2.45, 2.75) is 43.0 Å². The van der Waals surface area contributed by atoms with E-state index in [-0.39, 0.29) is 16.8 Å². The van der Waals surface area contributed by atoms with Crippen LogP contribution in [0.4, 0.5) is 5.82 Å². The Hall–Kier alpha value is -1.96. The number of sulfonamides is 1. The molecule has 144 valence electrons. The molecule has 3 rings (SSSR count). The molecule has 1 aromatic heterocycles. The average molecular weight is 408 g/mol. The lowest BCUT2D eigenvalue weighted by atomic mass is 9.96. The summed E-state index contributed by atoms with van der Waals surface area (Å²) in [6, 6.07) is 9.22. The minimum absolute atomic E-state index is 0.0442. The van der Waals surface area contributed by atoms with E-state index in [0.717, 1.165) is 32.1 Å². The number of hydrogen-bond acceptors (Lipinski definition) is 4. The number of carbonyl (C=O) groups is 1. The highest BCUT2D eigenvalue weighted by Gasteiger charge is 2.29. The Labute approximate surface area is 164 Å². The maximum atomic E-state index is 12.8. The Kier molecular flexibility index (Phi) is 6.14. The second-order valence-corrected chi connectivity index (χ2v) is 9.09. The van der Waals surface area contributed by atoms with Crippen LogP contribution in [-0.2, 0) is 10.0 Å². The zero-order valence-corrected chi connectivity index (χ0v) is 16.6. The molecule has 2 aromatic rings. The monoisotopic (exact) mass is 407 g/mol. The molecule has 0 aliphatic heterocycles. The molecule has 1 fully saturated rings. The number of anilines is 1. The maximum absolute atomic E-state index is 12.8. The summed E-state index contributed by atoms with van der Waals surface area (Å²) in [5.41, 5.74) is 0.353. The van der Waals surface area contributed by atoms with E-state index in [4.69, 9.17) is 11.6 Å². The topological polar surface area (TPSA) is 79.4 Å². The van der Waals surface area contributed by atoms with Gasteiger partial charge in [-0.15, -0.1) is 0 Å². The Balaban J connectivity index is 1.71.